The Bertz CT molecular complexity index is 1890. The van der Waals surface area contributed by atoms with E-state index in [4.69, 9.17) is 21.1 Å². The number of carbonyl (C=O) groups excluding carboxylic acids is 3. The average Bonchev–Trinajstić information content (AvgIpc) is 3.20. The maximum absolute atomic E-state index is 14.4. The molecule has 7 rings (SSSR count). The van der Waals surface area contributed by atoms with Crippen LogP contribution < -0.4 is 14.4 Å². The smallest absolute Gasteiger partial charge is 0.409 e. The molecule has 12 nitrogen and oxygen atoms in total. The van der Waals surface area contributed by atoms with Gasteiger partial charge >= 0.3 is 12.1 Å². The number of rotatable bonds is 2. The predicted octanol–water partition coefficient (Wildman–Crippen LogP) is 5.41. The van der Waals surface area contributed by atoms with Crippen molar-refractivity contribution in [3.63, 3.8) is 0 Å². The second-order valence-electron chi connectivity index (χ2n) is 15.5. The molecule has 52 heavy (non-hydrogen) atoms. The summed E-state index contributed by atoms with van der Waals surface area (Å²) in [6, 6.07) is 10.7. The van der Waals surface area contributed by atoms with Crippen molar-refractivity contribution in [1.29, 1.82) is 0 Å². The van der Waals surface area contributed by atoms with E-state index in [1.807, 2.05) is 25.1 Å². The number of benzene rings is 2. The summed E-state index contributed by atoms with van der Waals surface area (Å²) >= 11 is 6.43. The van der Waals surface area contributed by atoms with E-state index in [1.165, 1.54) is 20.9 Å². The summed E-state index contributed by atoms with van der Waals surface area (Å²) in [6.07, 6.45) is 7.37. The Kier molecular flexibility index (Phi) is 10.2. The molecule has 2 fully saturated rings. The van der Waals surface area contributed by atoms with E-state index >= 15 is 0 Å². The number of nitrogens with zero attached hydrogens (tertiary/aromatic N) is 4. The highest BCUT2D eigenvalue weighted by molar-refractivity contribution is 7.92. The molecule has 1 saturated heterocycles. The molecule has 2 aromatic rings. The molecule has 3 heterocycles. The highest BCUT2D eigenvalue weighted by Gasteiger charge is 2.44. The highest BCUT2D eigenvalue weighted by Crippen LogP contribution is 2.47. The van der Waals surface area contributed by atoms with Crippen molar-refractivity contribution < 1.29 is 33.2 Å². The zero-order valence-corrected chi connectivity index (χ0v) is 31.5. The van der Waals surface area contributed by atoms with Gasteiger partial charge in [-0.1, -0.05) is 36.7 Å². The van der Waals surface area contributed by atoms with E-state index in [-0.39, 0.29) is 47.6 Å². The standard InChI is InChI=1S/C38H48ClN5O7S/c1-24-6-4-8-33(45)30-12-9-27(30)18-44-22-38(15-5-7-25-16-28(39)11-13-31(25)38)23-50-34-14-10-26(17-32(34)44)35(46)40-52(49,21-24)41-36(47)43-19-29(20-43)51-37(48)42(2)3/h4,8,10-11,13-14,16-17,24,27,29-30,33,45H,5-7,9,12,15,18-23H2,1-3H3,(H,40,41,46,47,49)/b8-4+/t24-,27-,30+,33-,38-,52?/m0/s1. The number of ether oxygens (including phenoxy) is 2. The van der Waals surface area contributed by atoms with Crippen molar-refractivity contribution in [3.8, 4) is 5.75 Å². The number of aliphatic hydroxyl groups is 1. The van der Waals surface area contributed by atoms with Crippen LogP contribution in [0.1, 0.15) is 60.5 Å². The lowest BCUT2D eigenvalue weighted by molar-refractivity contribution is -0.00248. The number of amides is 4. The number of urea groups is 1. The number of aryl methyl sites for hydroxylation is 1. The highest BCUT2D eigenvalue weighted by atomic mass is 35.5. The minimum Gasteiger partial charge on any atom is -0.490 e. The van der Waals surface area contributed by atoms with Crippen LogP contribution in [0.25, 0.3) is 0 Å². The maximum Gasteiger partial charge on any atom is 0.409 e. The van der Waals surface area contributed by atoms with Crippen molar-refractivity contribution in [2.24, 2.45) is 22.1 Å². The Balaban J connectivity index is 1.21. The third-order valence-corrected chi connectivity index (χ3v) is 13.5. The van der Waals surface area contributed by atoms with Crippen LogP contribution in [-0.4, -0.2) is 102 Å². The summed E-state index contributed by atoms with van der Waals surface area (Å²) in [7, 11) is -0.449. The van der Waals surface area contributed by atoms with Crippen molar-refractivity contribution in [3.05, 3.63) is 70.3 Å². The first-order chi connectivity index (χ1) is 24.8. The van der Waals surface area contributed by atoms with E-state index in [0.29, 0.717) is 36.9 Å². The fraction of sp³-hybridized carbons (Fsp3) is 0.553. The first kappa shape index (κ1) is 36.5. The molecular weight excluding hydrogens is 706 g/mol. The molecule has 6 atom stereocenters. The van der Waals surface area contributed by atoms with Gasteiger partial charge in [0.1, 0.15) is 21.8 Å². The van der Waals surface area contributed by atoms with Gasteiger partial charge in [0, 0.05) is 43.2 Å². The number of hydrogen-bond acceptors (Lipinski definition) is 8. The van der Waals surface area contributed by atoms with Gasteiger partial charge in [0.2, 0.25) is 0 Å². The molecule has 1 saturated carbocycles. The molecule has 0 radical (unpaired) electrons. The fourth-order valence-corrected chi connectivity index (χ4v) is 10.3. The fourth-order valence-electron chi connectivity index (χ4n) is 8.26. The quantitative estimate of drug-likeness (QED) is 0.388. The van der Waals surface area contributed by atoms with Crippen LogP contribution in [0.5, 0.6) is 5.75 Å². The van der Waals surface area contributed by atoms with Gasteiger partial charge in [-0.3, -0.25) is 9.52 Å². The molecule has 2 aliphatic carbocycles. The van der Waals surface area contributed by atoms with Gasteiger partial charge in [-0.05, 0) is 97.7 Å². The van der Waals surface area contributed by atoms with Crippen LogP contribution >= 0.6 is 11.6 Å². The van der Waals surface area contributed by atoms with Crippen molar-refractivity contribution in [2.45, 2.75) is 63.1 Å². The van der Waals surface area contributed by atoms with Crippen molar-refractivity contribution in [2.75, 3.05) is 57.5 Å². The largest absolute Gasteiger partial charge is 0.490 e. The topological polar surface area (TPSA) is 141 Å². The summed E-state index contributed by atoms with van der Waals surface area (Å²) in [6.45, 7) is 3.94. The van der Waals surface area contributed by atoms with Crippen LogP contribution in [-0.2, 0) is 26.5 Å². The summed E-state index contributed by atoms with van der Waals surface area (Å²) in [5.41, 5.74) is 3.15. The predicted molar refractivity (Wildman–Crippen MR) is 199 cm³/mol. The number of likely N-dealkylation sites (tertiary alicyclic amines) is 1. The number of nitrogens with one attached hydrogen (secondary N) is 1. The van der Waals surface area contributed by atoms with E-state index in [1.54, 1.807) is 32.3 Å². The van der Waals surface area contributed by atoms with Gasteiger partial charge in [-0.2, -0.15) is 0 Å². The number of hydrogen-bond donors (Lipinski definition) is 2. The van der Waals surface area contributed by atoms with Gasteiger partial charge in [0.05, 0.1) is 37.2 Å². The lowest BCUT2D eigenvalue weighted by Gasteiger charge is -2.45. The molecule has 2 bridgehead atoms. The molecular formula is C38H48ClN5O7S. The monoisotopic (exact) mass is 753 g/mol. The number of fused-ring (bicyclic) bond motifs is 4. The lowest BCUT2D eigenvalue weighted by atomic mass is 9.68. The number of allylic oxidation sites excluding steroid dienone is 1. The number of halogens is 1. The summed E-state index contributed by atoms with van der Waals surface area (Å²) in [5, 5.41) is 12.0. The average molecular weight is 754 g/mol. The molecule has 2 N–H and O–H groups in total. The molecule has 2 aromatic carbocycles. The Morgan fingerprint density at radius 3 is 2.71 bits per heavy atom. The zero-order chi connectivity index (χ0) is 36.8. The minimum atomic E-state index is -3.60. The summed E-state index contributed by atoms with van der Waals surface area (Å²) < 4.78 is 33.2. The third-order valence-electron chi connectivity index (χ3n) is 11.3. The van der Waals surface area contributed by atoms with Crippen LogP contribution in [0.15, 0.2) is 52.9 Å². The summed E-state index contributed by atoms with van der Waals surface area (Å²) in [5.74, 6) is -0.0261. The van der Waals surface area contributed by atoms with Crippen LogP contribution in [0.3, 0.4) is 0 Å². The molecule has 3 aliphatic heterocycles. The lowest BCUT2D eigenvalue weighted by Crippen LogP contribution is -2.59. The first-order valence-corrected chi connectivity index (χ1v) is 20.3. The third kappa shape index (κ3) is 7.49. The second-order valence-corrected chi connectivity index (χ2v) is 17.9. The Morgan fingerprint density at radius 1 is 1.15 bits per heavy atom. The molecule has 280 valence electrons. The maximum atomic E-state index is 14.4. The Morgan fingerprint density at radius 2 is 1.96 bits per heavy atom. The van der Waals surface area contributed by atoms with Crippen molar-refractivity contribution in [1.82, 2.24) is 14.5 Å². The van der Waals surface area contributed by atoms with Gasteiger partial charge < -0.3 is 29.3 Å². The van der Waals surface area contributed by atoms with E-state index < -0.39 is 40.2 Å². The molecule has 4 amide bonds. The summed E-state index contributed by atoms with van der Waals surface area (Å²) in [4.78, 5) is 44.2. The van der Waals surface area contributed by atoms with Gasteiger partial charge in [0.25, 0.3) is 5.91 Å². The van der Waals surface area contributed by atoms with E-state index in [0.717, 1.165) is 37.8 Å². The van der Waals surface area contributed by atoms with Crippen molar-refractivity contribution >= 4 is 45.2 Å². The second kappa shape index (κ2) is 14.5. The van der Waals surface area contributed by atoms with E-state index in [9.17, 15) is 23.7 Å². The zero-order valence-electron chi connectivity index (χ0n) is 30.0. The van der Waals surface area contributed by atoms with Gasteiger partial charge in [-0.25, -0.2) is 13.8 Å². The Labute approximate surface area is 310 Å². The number of anilines is 1. The molecule has 1 spiro atoms. The Hall–Kier alpha value is -3.81. The number of carbonyl (C=O) groups is 3. The normalized spacial score (nSPS) is 31.0. The number of aliphatic hydroxyl groups excluding tert-OH is 1. The van der Waals surface area contributed by atoms with Gasteiger partial charge in [-0.15, -0.1) is 4.36 Å². The molecule has 14 heteroatoms. The molecule has 5 aliphatic rings. The van der Waals surface area contributed by atoms with Crippen LogP contribution in [0.2, 0.25) is 5.02 Å². The SMILES string of the molecule is C[C@H]1C/C=C/[C@H](O)[C@@H]2CC[C@H]2CN2C[C@@]3(CCCc4cc(Cl)ccc43)COc3ccc(cc32)C(=O)N=S(=O)(NC(=O)N2CC(OC(=O)N(C)C)C2)C1. The molecule has 1 unspecified atom stereocenters. The molecule has 0 aromatic heterocycles. The first-order valence-electron chi connectivity index (χ1n) is 18.2. The van der Waals surface area contributed by atoms with Crippen LogP contribution in [0.4, 0.5) is 15.3 Å². The van der Waals surface area contributed by atoms with Crippen LogP contribution in [0, 0.1) is 17.8 Å². The van der Waals surface area contributed by atoms with E-state index in [2.05, 4.69) is 26.1 Å². The van der Waals surface area contributed by atoms with Gasteiger partial charge in [0.15, 0.2) is 0 Å². The minimum absolute atomic E-state index is 0.0734.